The number of rotatable bonds is 7. The highest BCUT2D eigenvalue weighted by atomic mass is 35.5. The molecule has 2 aliphatic rings. The quantitative estimate of drug-likeness (QED) is 0.376. The number of anilines is 2. The summed E-state index contributed by atoms with van der Waals surface area (Å²) < 4.78 is 35.5. The number of amides is 2. The van der Waals surface area contributed by atoms with Gasteiger partial charge in [0.1, 0.15) is 17.2 Å². The van der Waals surface area contributed by atoms with Gasteiger partial charge in [-0.05, 0) is 57.2 Å². The number of halogens is 3. The van der Waals surface area contributed by atoms with E-state index in [-0.39, 0.29) is 17.9 Å². The van der Waals surface area contributed by atoms with Crippen molar-refractivity contribution in [1.29, 1.82) is 0 Å². The fourth-order valence-corrected chi connectivity index (χ4v) is 4.93. The second-order valence-electron chi connectivity index (χ2n) is 11.2. The smallest absolute Gasteiger partial charge is 0.444 e. The second kappa shape index (κ2) is 11.7. The number of ether oxygens (including phenoxy) is 2. The minimum absolute atomic E-state index is 0.140. The molecule has 0 saturated carbocycles. The molecule has 14 heteroatoms. The molecule has 0 atom stereocenters. The van der Waals surface area contributed by atoms with Crippen LogP contribution < -0.4 is 15.0 Å². The van der Waals surface area contributed by atoms with Crippen molar-refractivity contribution in [3.05, 3.63) is 54.4 Å². The molecule has 0 spiro atoms. The van der Waals surface area contributed by atoms with Gasteiger partial charge in [0.25, 0.3) is 5.91 Å². The molecule has 5 rings (SSSR count). The zero-order valence-electron chi connectivity index (χ0n) is 23.4. The molecule has 0 unspecified atom stereocenters. The van der Waals surface area contributed by atoms with Gasteiger partial charge in [-0.3, -0.25) is 14.8 Å². The van der Waals surface area contributed by atoms with Gasteiger partial charge in [0.05, 0.1) is 11.3 Å². The molecule has 42 heavy (non-hydrogen) atoms. The van der Waals surface area contributed by atoms with Crippen molar-refractivity contribution in [1.82, 2.24) is 25.0 Å². The predicted octanol–water partition coefficient (Wildman–Crippen LogP) is 4.63. The number of benzene rings is 1. The lowest BCUT2D eigenvalue weighted by Crippen LogP contribution is -2.64. The average Bonchev–Trinajstić information content (AvgIpc) is 3.42. The maximum Gasteiger partial charge on any atom is 0.487 e. The summed E-state index contributed by atoms with van der Waals surface area (Å²) >= 11 is 4.80. The van der Waals surface area contributed by atoms with Crippen molar-refractivity contribution in [2.45, 2.75) is 38.0 Å². The number of alkyl halides is 3. The molecule has 224 valence electrons. The first-order valence-corrected chi connectivity index (χ1v) is 13.9. The first-order chi connectivity index (χ1) is 19.8. The van der Waals surface area contributed by atoms with Crippen LogP contribution in [0.2, 0.25) is 0 Å². The van der Waals surface area contributed by atoms with Gasteiger partial charge in [-0.25, -0.2) is 9.78 Å². The maximum absolute atomic E-state index is 13.0. The number of nitrogens with zero attached hydrogens (tertiary/aromatic N) is 5. The van der Waals surface area contributed by atoms with E-state index in [0.717, 1.165) is 37.6 Å². The molecule has 1 aromatic carbocycles. The van der Waals surface area contributed by atoms with Crippen LogP contribution in [0.5, 0.6) is 5.75 Å². The van der Waals surface area contributed by atoms with Gasteiger partial charge in [0.15, 0.2) is 0 Å². The molecule has 2 saturated heterocycles. The number of H-pyrrole nitrogens is 1. The van der Waals surface area contributed by atoms with Gasteiger partial charge in [0.2, 0.25) is 0 Å². The number of carbonyl (C=O) groups is 2. The normalized spacial score (nSPS) is 16.6. The van der Waals surface area contributed by atoms with Crippen molar-refractivity contribution in [3.63, 3.8) is 0 Å². The van der Waals surface area contributed by atoms with E-state index in [9.17, 15) is 18.4 Å². The van der Waals surface area contributed by atoms with Crippen LogP contribution in [-0.4, -0.2) is 93.5 Å². The Morgan fingerprint density at radius 1 is 1.07 bits per heavy atom. The summed E-state index contributed by atoms with van der Waals surface area (Å²) in [6.45, 7) is 9.91. The van der Waals surface area contributed by atoms with Gasteiger partial charge in [-0.15, -0.1) is 8.78 Å². The van der Waals surface area contributed by atoms with Crippen molar-refractivity contribution in [2.75, 3.05) is 49.5 Å². The highest BCUT2D eigenvalue weighted by Gasteiger charge is 2.38. The molecule has 0 radical (unpaired) electrons. The Hall–Kier alpha value is -3.97. The van der Waals surface area contributed by atoms with Gasteiger partial charge in [-0.2, -0.15) is 5.10 Å². The molecule has 2 N–H and O–H groups in total. The minimum Gasteiger partial charge on any atom is -0.444 e. The Kier molecular flexibility index (Phi) is 8.24. The van der Waals surface area contributed by atoms with Gasteiger partial charge in [-0.1, -0.05) is 0 Å². The summed E-state index contributed by atoms with van der Waals surface area (Å²) in [5.41, 5.74) is -2.21. The van der Waals surface area contributed by atoms with Crippen molar-refractivity contribution in [2.24, 2.45) is 0 Å². The van der Waals surface area contributed by atoms with Crippen LogP contribution in [0.25, 0.3) is 11.3 Å². The predicted molar refractivity (Wildman–Crippen MR) is 153 cm³/mol. The highest BCUT2D eigenvalue weighted by molar-refractivity contribution is 6.20. The molecule has 11 nitrogen and oxygen atoms in total. The molecular formula is C28H32ClF2N7O4. The molecule has 0 bridgehead atoms. The third kappa shape index (κ3) is 7.26. The first kappa shape index (κ1) is 29.5. The number of aromatic amines is 1. The number of piperazine rings is 1. The Labute approximate surface area is 246 Å². The highest BCUT2D eigenvalue weighted by Crippen LogP contribution is 2.31. The van der Waals surface area contributed by atoms with E-state index < -0.39 is 17.1 Å². The van der Waals surface area contributed by atoms with E-state index in [1.54, 1.807) is 17.2 Å². The van der Waals surface area contributed by atoms with E-state index in [0.29, 0.717) is 30.0 Å². The molecule has 4 heterocycles. The Morgan fingerprint density at radius 2 is 1.76 bits per heavy atom. The third-order valence-corrected chi connectivity index (χ3v) is 6.99. The molecule has 2 amide bonds. The molecule has 2 aliphatic heterocycles. The van der Waals surface area contributed by atoms with Crippen LogP contribution in [0.1, 0.15) is 31.1 Å². The lowest BCUT2D eigenvalue weighted by molar-refractivity contribution is -0.0964. The summed E-state index contributed by atoms with van der Waals surface area (Å²) in [5.74, 6) is 0.164. The van der Waals surface area contributed by atoms with Gasteiger partial charge < -0.3 is 24.6 Å². The second-order valence-corrected chi connectivity index (χ2v) is 11.6. The Bertz CT molecular complexity index is 1400. The molecular weight excluding hydrogens is 572 g/mol. The van der Waals surface area contributed by atoms with Gasteiger partial charge >= 0.3 is 11.7 Å². The first-order valence-electron chi connectivity index (χ1n) is 13.5. The molecule has 3 aromatic rings. The summed E-state index contributed by atoms with van der Waals surface area (Å²) in [6, 6.07) is 9.27. The van der Waals surface area contributed by atoms with Crippen molar-refractivity contribution < 1.29 is 27.8 Å². The van der Waals surface area contributed by atoms with Crippen molar-refractivity contribution in [3.8, 4) is 17.0 Å². The maximum atomic E-state index is 13.0. The lowest BCUT2D eigenvalue weighted by Gasteiger charge is -2.48. The van der Waals surface area contributed by atoms with Gasteiger partial charge in [0, 0.05) is 80.6 Å². The SMILES string of the molecule is CC(C)(C)OC(=O)N1CC(N2CCN(c3ncc(C(=O)Nc4ccc(OC(F)(F)Cl)cc4)cc3-c3ccn[nH]3)CC2)C1. The fraction of sp³-hybridized carbons (Fsp3) is 0.429. The monoisotopic (exact) mass is 603 g/mol. The number of aromatic nitrogens is 3. The Morgan fingerprint density at radius 3 is 2.36 bits per heavy atom. The van der Waals surface area contributed by atoms with Crippen LogP contribution in [0.3, 0.4) is 0 Å². The fourth-order valence-electron chi connectivity index (χ4n) is 4.84. The number of pyridine rings is 1. The topological polar surface area (TPSA) is 116 Å². The number of hydrogen-bond donors (Lipinski definition) is 2. The summed E-state index contributed by atoms with van der Waals surface area (Å²) in [4.78, 5) is 36.3. The largest absolute Gasteiger partial charge is 0.487 e. The number of likely N-dealkylation sites (tertiary alicyclic amines) is 1. The van der Waals surface area contributed by atoms with E-state index >= 15 is 0 Å². The minimum atomic E-state index is -3.83. The molecule has 0 aliphatic carbocycles. The number of nitrogens with one attached hydrogen (secondary N) is 2. The zero-order valence-corrected chi connectivity index (χ0v) is 24.2. The number of carbonyl (C=O) groups excluding carboxylic acids is 2. The summed E-state index contributed by atoms with van der Waals surface area (Å²) in [6.07, 6.45) is 2.86. The van der Waals surface area contributed by atoms with Crippen LogP contribution in [0.4, 0.5) is 25.1 Å². The zero-order chi connectivity index (χ0) is 30.1. The van der Waals surface area contributed by atoms with E-state index in [1.165, 1.54) is 30.5 Å². The average molecular weight is 604 g/mol. The Balaban J connectivity index is 1.22. The molecule has 2 aromatic heterocycles. The standard InChI is InChI=1S/C28H32ClF2N7O4/c1-27(2,3)42-26(40)38-16-20(17-38)36-10-12-37(13-11-36)24-22(23-8-9-33-35-23)14-18(15-32-24)25(39)34-19-4-6-21(7-5-19)41-28(29,30)31/h4-9,14-15,20H,10-13,16-17H2,1-3H3,(H,33,35)(H,34,39). The van der Waals surface area contributed by atoms with Crippen LogP contribution >= 0.6 is 11.6 Å². The van der Waals surface area contributed by atoms with Crippen LogP contribution in [0, 0.1) is 0 Å². The lowest BCUT2D eigenvalue weighted by atomic mass is 10.1. The summed E-state index contributed by atoms with van der Waals surface area (Å²) in [5, 5.41) is 9.75. The molecule has 2 fully saturated rings. The van der Waals surface area contributed by atoms with E-state index in [4.69, 9.17) is 16.3 Å². The summed E-state index contributed by atoms with van der Waals surface area (Å²) in [7, 11) is 0. The number of hydrogen-bond acceptors (Lipinski definition) is 8. The van der Waals surface area contributed by atoms with E-state index in [1.807, 2.05) is 26.8 Å². The van der Waals surface area contributed by atoms with Crippen molar-refractivity contribution >= 4 is 35.1 Å². The van der Waals surface area contributed by atoms with E-state index in [2.05, 4.69) is 35.0 Å². The van der Waals surface area contributed by atoms with Crippen LogP contribution in [0.15, 0.2) is 48.8 Å². The van der Waals surface area contributed by atoms with Crippen LogP contribution in [-0.2, 0) is 4.74 Å². The third-order valence-electron chi connectivity index (χ3n) is 6.91.